The van der Waals surface area contributed by atoms with Crippen LogP contribution in [0, 0.1) is 17.5 Å². The molecule has 0 aliphatic rings. The van der Waals surface area contributed by atoms with Crippen LogP contribution in [0.5, 0.6) is 0 Å². The van der Waals surface area contributed by atoms with Gasteiger partial charge in [-0.2, -0.15) is 0 Å². The van der Waals surface area contributed by atoms with Crippen LogP contribution in [0.25, 0.3) is 0 Å². The predicted octanol–water partition coefficient (Wildman–Crippen LogP) is 7.35. The van der Waals surface area contributed by atoms with E-state index in [2.05, 4.69) is 6.92 Å². The summed E-state index contributed by atoms with van der Waals surface area (Å²) in [7, 11) is 0. The molecule has 154 valence electrons. The summed E-state index contributed by atoms with van der Waals surface area (Å²) in [6.45, 7) is 4.19. The van der Waals surface area contributed by atoms with Crippen LogP contribution >= 0.6 is 0 Å². The zero-order valence-corrected chi connectivity index (χ0v) is 16.7. The van der Waals surface area contributed by atoms with Gasteiger partial charge < -0.3 is 4.74 Å². The molecule has 0 bridgehead atoms. The number of rotatable bonds is 14. The number of halogens is 3. The van der Waals surface area contributed by atoms with Gasteiger partial charge in [-0.1, -0.05) is 71.6 Å². The van der Waals surface area contributed by atoms with Gasteiger partial charge >= 0.3 is 5.97 Å². The Morgan fingerprint density at radius 2 is 1.41 bits per heavy atom. The molecule has 0 fully saturated rings. The Morgan fingerprint density at radius 1 is 0.815 bits per heavy atom. The monoisotopic (exact) mass is 386 g/mol. The second-order valence-corrected chi connectivity index (χ2v) is 7.16. The molecule has 2 nitrogen and oxygen atoms in total. The molecule has 1 rings (SSSR count). The van der Waals surface area contributed by atoms with E-state index in [9.17, 15) is 18.0 Å². The van der Waals surface area contributed by atoms with E-state index in [1.165, 1.54) is 38.5 Å². The lowest BCUT2D eigenvalue weighted by Crippen LogP contribution is -2.19. The topological polar surface area (TPSA) is 26.3 Å². The van der Waals surface area contributed by atoms with Gasteiger partial charge in [-0.05, 0) is 31.4 Å². The number of unbranched alkanes of at least 4 members (excludes halogenated alkanes) is 8. The summed E-state index contributed by atoms with van der Waals surface area (Å²) in [6, 6.07) is 1.67. The molecule has 27 heavy (non-hydrogen) atoms. The molecule has 0 spiro atoms. The minimum Gasteiger partial charge on any atom is -0.459 e. The second kappa shape index (κ2) is 13.6. The van der Waals surface area contributed by atoms with Crippen LogP contribution in [0.15, 0.2) is 12.1 Å². The first-order chi connectivity index (χ1) is 13.0. The Balaban J connectivity index is 2.37. The van der Waals surface area contributed by atoms with Crippen LogP contribution in [0.4, 0.5) is 13.2 Å². The van der Waals surface area contributed by atoms with Crippen molar-refractivity contribution in [3.63, 3.8) is 0 Å². The third-order valence-electron chi connectivity index (χ3n) is 4.77. The molecule has 0 N–H and O–H groups in total. The highest BCUT2D eigenvalue weighted by Gasteiger charge is 2.22. The van der Waals surface area contributed by atoms with Crippen molar-refractivity contribution in [3.05, 3.63) is 35.1 Å². The van der Waals surface area contributed by atoms with Crippen molar-refractivity contribution >= 4 is 5.97 Å². The molecule has 0 saturated heterocycles. The van der Waals surface area contributed by atoms with Gasteiger partial charge in [0.15, 0.2) is 17.5 Å². The van der Waals surface area contributed by atoms with Gasteiger partial charge in [-0.15, -0.1) is 0 Å². The van der Waals surface area contributed by atoms with Crippen LogP contribution in [0.3, 0.4) is 0 Å². The molecule has 0 aliphatic carbocycles. The third-order valence-corrected chi connectivity index (χ3v) is 4.77. The van der Waals surface area contributed by atoms with Crippen molar-refractivity contribution in [3.8, 4) is 0 Å². The molecule has 1 unspecified atom stereocenters. The van der Waals surface area contributed by atoms with E-state index in [1.54, 1.807) is 0 Å². The molecule has 0 radical (unpaired) electrons. The Morgan fingerprint density at radius 3 is 2.00 bits per heavy atom. The van der Waals surface area contributed by atoms with E-state index in [0.717, 1.165) is 37.8 Å². The average Bonchev–Trinajstić information content (AvgIpc) is 2.64. The van der Waals surface area contributed by atoms with Crippen molar-refractivity contribution in [1.29, 1.82) is 0 Å². The minimum atomic E-state index is -1.64. The lowest BCUT2D eigenvalue weighted by atomic mass is 10.0. The first-order valence-electron chi connectivity index (χ1n) is 10.4. The molecular formula is C22H33F3O2. The van der Waals surface area contributed by atoms with Crippen LogP contribution in [-0.4, -0.2) is 12.1 Å². The maximum Gasteiger partial charge on any atom is 0.341 e. The third kappa shape index (κ3) is 8.81. The zero-order valence-electron chi connectivity index (χ0n) is 16.7. The molecule has 5 heteroatoms. The molecule has 1 atom stereocenters. The fraction of sp³-hybridized carbons (Fsp3) is 0.682. The quantitative estimate of drug-likeness (QED) is 0.190. The molecule has 0 amide bonds. The van der Waals surface area contributed by atoms with Crippen LogP contribution in [-0.2, 0) is 4.74 Å². The van der Waals surface area contributed by atoms with E-state index in [-0.39, 0.29) is 6.10 Å². The molecule has 0 heterocycles. The van der Waals surface area contributed by atoms with E-state index >= 15 is 0 Å². The lowest BCUT2D eigenvalue weighted by molar-refractivity contribution is 0.0247. The van der Waals surface area contributed by atoms with Gasteiger partial charge in [-0.3, -0.25) is 0 Å². The smallest absolute Gasteiger partial charge is 0.341 e. The zero-order chi connectivity index (χ0) is 20.1. The summed E-state index contributed by atoms with van der Waals surface area (Å²) < 4.78 is 45.4. The van der Waals surface area contributed by atoms with Gasteiger partial charge in [0.05, 0.1) is 5.56 Å². The summed E-state index contributed by atoms with van der Waals surface area (Å²) in [5, 5.41) is 0. The van der Waals surface area contributed by atoms with E-state index in [0.29, 0.717) is 12.8 Å². The normalized spacial score (nSPS) is 12.2. The van der Waals surface area contributed by atoms with Crippen molar-refractivity contribution < 1.29 is 22.7 Å². The Kier molecular flexibility index (Phi) is 11.9. The first-order valence-corrected chi connectivity index (χ1v) is 10.4. The molecular weight excluding hydrogens is 353 g/mol. The predicted molar refractivity (Wildman–Crippen MR) is 102 cm³/mol. The summed E-state index contributed by atoms with van der Waals surface area (Å²) in [5.41, 5.74) is -0.554. The minimum absolute atomic E-state index is 0.320. The van der Waals surface area contributed by atoms with Gasteiger partial charge in [0, 0.05) is 0 Å². The van der Waals surface area contributed by atoms with Crippen molar-refractivity contribution in [2.24, 2.45) is 0 Å². The fourth-order valence-corrected chi connectivity index (χ4v) is 3.17. The highest BCUT2D eigenvalue weighted by Crippen LogP contribution is 2.20. The Labute approximate surface area is 161 Å². The number of carbonyl (C=O) groups is 1. The number of hydrogen-bond donors (Lipinski definition) is 0. The van der Waals surface area contributed by atoms with Crippen LogP contribution < -0.4 is 0 Å². The molecule has 1 aromatic carbocycles. The SMILES string of the molecule is CCCCCCCCCCCC(CCC)OC(=O)c1ccc(F)c(F)c1F. The standard InChI is InChI=1S/C22H33F3O2/c1-3-5-6-7-8-9-10-11-12-14-17(13-4-2)27-22(26)18-15-16-19(23)21(25)20(18)24/h15-17H,3-14H2,1-2H3. The lowest BCUT2D eigenvalue weighted by Gasteiger charge is -2.17. The summed E-state index contributed by atoms with van der Waals surface area (Å²) in [6.07, 6.45) is 12.7. The molecule has 1 aromatic rings. The van der Waals surface area contributed by atoms with Gasteiger partial charge in [0.2, 0.25) is 0 Å². The highest BCUT2D eigenvalue weighted by atomic mass is 19.2. The number of hydrogen-bond acceptors (Lipinski definition) is 2. The largest absolute Gasteiger partial charge is 0.459 e. The Hall–Kier alpha value is -1.52. The van der Waals surface area contributed by atoms with Crippen molar-refractivity contribution in [2.45, 2.75) is 97.0 Å². The number of ether oxygens (including phenoxy) is 1. The summed E-state index contributed by atoms with van der Waals surface area (Å²) >= 11 is 0. The number of esters is 1. The number of benzene rings is 1. The van der Waals surface area contributed by atoms with Crippen molar-refractivity contribution in [1.82, 2.24) is 0 Å². The van der Waals surface area contributed by atoms with E-state index < -0.39 is 29.0 Å². The van der Waals surface area contributed by atoms with Crippen LogP contribution in [0.1, 0.15) is 101 Å². The molecule has 0 aliphatic heterocycles. The maximum absolute atomic E-state index is 13.7. The maximum atomic E-state index is 13.7. The fourth-order valence-electron chi connectivity index (χ4n) is 3.17. The van der Waals surface area contributed by atoms with Crippen molar-refractivity contribution in [2.75, 3.05) is 0 Å². The van der Waals surface area contributed by atoms with Gasteiger partial charge in [-0.25, -0.2) is 18.0 Å². The summed E-state index contributed by atoms with van der Waals surface area (Å²) in [4.78, 5) is 12.1. The summed E-state index contributed by atoms with van der Waals surface area (Å²) in [5.74, 6) is -5.38. The van der Waals surface area contributed by atoms with E-state index in [4.69, 9.17) is 4.74 Å². The van der Waals surface area contributed by atoms with E-state index in [1.807, 2.05) is 6.92 Å². The molecule has 0 aromatic heterocycles. The average molecular weight is 386 g/mol. The first kappa shape index (κ1) is 23.5. The molecule has 0 saturated carbocycles. The highest BCUT2D eigenvalue weighted by molar-refractivity contribution is 5.89. The number of carbonyl (C=O) groups excluding carboxylic acids is 1. The van der Waals surface area contributed by atoms with Gasteiger partial charge in [0.1, 0.15) is 6.10 Å². The van der Waals surface area contributed by atoms with Crippen LogP contribution in [0.2, 0.25) is 0 Å². The Bertz CT molecular complexity index is 561. The second-order valence-electron chi connectivity index (χ2n) is 7.16. The van der Waals surface area contributed by atoms with Gasteiger partial charge in [0.25, 0.3) is 0 Å².